The summed E-state index contributed by atoms with van der Waals surface area (Å²) in [6.45, 7) is 6.20. The molecular formula is C24H25FN2O3S. The number of carbonyl (C=O) groups excluding carboxylic acids is 2. The number of ether oxygens (including phenoxy) is 1. The largest absolute Gasteiger partial charge is 0.462 e. The molecule has 0 saturated carbocycles. The monoisotopic (exact) mass is 440 g/mol. The van der Waals surface area contributed by atoms with Crippen LogP contribution in [0, 0.1) is 19.7 Å². The summed E-state index contributed by atoms with van der Waals surface area (Å²) in [5.74, 6) is -0.839. The van der Waals surface area contributed by atoms with Gasteiger partial charge >= 0.3 is 12.0 Å². The van der Waals surface area contributed by atoms with Gasteiger partial charge in [0.2, 0.25) is 0 Å². The van der Waals surface area contributed by atoms with Crippen molar-refractivity contribution in [1.82, 2.24) is 4.90 Å². The quantitative estimate of drug-likeness (QED) is 0.478. The first kappa shape index (κ1) is 22.5. The van der Waals surface area contributed by atoms with E-state index in [1.807, 2.05) is 37.4 Å². The Morgan fingerprint density at radius 1 is 1.13 bits per heavy atom. The Kier molecular flexibility index (Phi) is 7.07. The molecule has 1 aromatic heterocycles. The van der Waals surface area contributed by atoms with E-state index in [4.69, 9.17) is 4.74 Å². The van der Waals surface area contributed by atoms with E-state index in [-0.39, 0.29) is 19.0 Å². The SMILES string of the molecule is CCOC(=O)c1c(-c2ccc(C)cc2C)csc1NC(=O)N(C)Cc1cccc(F)c1. The molecule has 1 heterocycles. The van der Waals surface area contributed by atoms with Gasteiger partial charge in [-0.2, -0.15) is 0 Å². The average molecular weight is 441 g/mol. The maximum Gasteiger partial charge on any atom is 0.341 e. The van der Waals surface area contributed by atoms with Gasteiger partial charge in [-0.1, -0.05) is 35.9 Å². The number of esters is 1. The molecule has 0 aliphatic carbocycles. The minimum Gasteiger partial charge on any atom is -0.462 e. The average Bonchev–Trinajstić information content (AvgIpc) is 3.11. The topological polar surface area (TPSA) is 58.6 Å². The number of carbonyl (C=O) groups is 2. The Morgan fingerprint density at radius 3 is 2.58 bits per heavy atom. The van der Waals surface area contributed by atoms with E-state index in [9.17, 15) is 14.0 Å². The number of aryl methyl sites for hydroxylation is 2. The molecule has 0 fully saturated rings. The van der Waals surface area contributed by atoms with Crippen LogP contribution in [0.2, 0.25) is 0 Å². The molecule has 0 saturated heterocycles. The lowest BCUT2D eigenvalue weighted by Crippen LogP contribution is -2.31. The van der Waals surface area contributed by atoms with Crippen LogP contribution in [0.5, 0.6) is 0 Å². The first-order chi connectivity index (χ1) is 14.8. The fourth-order valence-corrected chi connectivity index (χ4v) is 4.28. The molecule has 1 N–H and O–H groups in total. The Morgan fingerprint density at radius 2 is 1.90 bits per heavy atom. The number of amides is 2. The Bertz CT molecular complexity index is 1110. The predicted molar refractivity (Wildman–Crippen MR) is 122 cm³/mol. The number of nitrogens with zero attached hydrogens (tertiary/aromatic N) is 1. The van der Waals surface area contributed by atoms with E-state index in [1.54, 1.807) is 26.1 Å². The number of thiophene rings is 1. The maximum atomic E-state index is 13.4. The van der Waals surface area contributed by atoms with Gasteiger partial charge in [0.05, 0.1) is 6.61 Å². The number of halogens is 1. The van der Waals surface area contributed by atoms with Crippen LogP contribution in [0.4, 0.5) is 14.2 Å². The molecule has 2 amide bonds. The number of nitrogens with one attached hydrogen (secondary N) is 1. The van der Waals surface area contributed by atoms with Gasteiger partial charge in [0.25, 0.3) is 0 Å². The van der Waals surface area contributed by atoms with E-state index in [2.05, 4.69) is 5.32 Å². The van der Waals surface area contributed by atoms with E-state index < -0.39 is 12.0 Å². The zero-order chi connectivity index (χ0) is 22.5. The van der Waals surface area contributed by atoms with Crippen LogP contribution in [0.25, 0.3) is 11.1 Å². The van der Waals surface area contributed by atoms with Crippen LogP contribution in [0.15, 0.2) is 47.8 Å². The summed E-state index contributed by atoms with van der Waals surface area (Å²) in [5.41, 5.74) is 4.81. The van der Waals surface area contributed by atoms with Gasteiger partial charge in [-0.25, -0.2) is 14.0 Å². The molecule has 0 bridgehead atoms. The Hall–Kier alpha value is -3.19. The number of hydrogen-bond acceptors (Lipinski definition) is 4. The molecule has 0 aliphatic heterocycles. The Labute approximate surface area is 185 Å². The summed E-state index contributed by atoms with van der Waals surface area (Å²) < 4.78 is 18.7. The van der Waals surface area contributed by atoms with Crippen LogP contribution < -0.4 is 5.32 Å². The van der Waals surface area contributed by atoms with E-state index in [0.717, 1.165) is 22.3 Å². The van der Waals surface area contributed by atoms with Crippen LogP contribution in [-0.2, 0) is 11.3 Å². The summed E-state index contributed by atoms with van der Waals surface area (Å²) in [5, 5.41) is 5.09. The molecule has 2 aromatic carbocycles. The standard InChI is InChI=1S/C24H25FN2O3S/c1-5-30-23(28)21-20(19-10-9-15(2)11-16(19)3)14-31-22(21)26-24(29)27(4)13-17-7-6-8-18(25)12-17/h6-12,14H,5,13H2,1-4H3,(H,26,29). The first-order valence-corrected chi connectivity index (χ1v) is 10.8. The van der Waals surface area contributed by atoms with Gasteiger partial charge < -0.3 is 9.64 Å². The van der Waals surface area contributed by atoms with Crippen molar-refractivity contribution in [3.8, 4) is 11.1 Å². The fourth-order valence-electron chi connectivity index (χ4n) is 3.34. The summed E-state index contributed by atoms with van der Waals surface area (Å²) in [6, 6.07) is 11.7. The molecule has 0 radical (unpaired) electrons. The zero-order valence-corrected chi connectivity index (χ0v) is 18.8. The van der Waals surface area contributed by atoms with Crippen LogP contribution >= 0.6 is 11.3 Å². The first-order valence-electron chi connectivity index (χ1n) is 9.93. The second-order valence-corrected chi connectivity index (χ2v) is 8.19. The third kappa shape index (κ3) is 5.30. The van der Waals surface area contributed by atoms with Gasteiger partial charge in [-0.15, -0.1) is 11.3 Å². The predicted octanol–water partition coefficient (Wildman–Crippen LogP) is 6.01. The molecule has 0 unspecified atom stereocenters. The molecule has 0 atom stereocenters. The highest BCUT2D eigenvalue weighted by Crippen LogP contribution is 2.38. The molecule has 5 nitrogen and oxygen atoms in total. The summed E-state index contributed by atoms with van der Waals surface area (Å²) in [6.07, 6.45) is 0. The van der Waals surface area contributed by atoms with Gasteiger partial charge in [-0.05, 0) is 49.6 Å². The molecule has 0 aliphatic rings. The molecule has 31 heavy (non-hydrogen) atoms. The van der Waals surface area contributed by atoms with Crippen LogP contribution in [0.3, 0.4) is 0 Å². The van der Waals surface area contributed by atoms with Crippen molar-refractivity contribution in [3.05, 3.63) is 75.9 Å². The normalized spacial score (nSPS) is 10.6. The molecular weight excluding hydrogens is 415 g/mol. The maximum absolute atomic E-state index is 13.4. The smallest absolute Gasteiger partial charge is 0.341 e. The third-order valence-electron chi connectivity index (χ3n) is 4.82. The van der Waals surface area contributed by atoms with Crippen molar-refractivity contribution in [3.63, 3.8) is 0 Å². The van der Waals surface area contributed by atoms with Gasteiger partial charge in [0.15, 0.2) is 0 Å². The third-order valence-corrected chi connectivity index (χ3v) is 5.71. The molecule has 162 valence electrons. The van der Waals surface area contributed by atoms with E-state index in [0.29, 0.717) is 16.1 Å². The van der Waals surface area contributed by atoms with Crippen molar-refractivity contribution < 1.29 is 18.7 Å². The number of urea groups is 1. The minimum atomic E-state index is -0.484. The lowest BCUT2D eigenvalue weighted by Gasteiger charge is -2.18. The highest BCUT2D eigenvalue weighted by molar-refractivity contribution is 7.15. The van der Waals surface area contributed by atoms with Gasteiger partial charge in [0, 0.05) is 24.5 Å². The highest BCUT2D eigenvalue weighted by atomic mass is 32.1. The second kappa shape index (κ2) is 9.75. The van der Waals surface area contributed by atoms with Crippen molar-refractivity contribution in [1.29, 1.82) is 0 Å². The van der Waals surface area contributed by atoms with Crippen molar-refractivity contribution >= 4 is 28.3 Å². The summed E-state index contributed by atoms with van der Waals surface area (Å²) in [4.78, 5) is 27.0. The molecule has 3 aromatic rings. The molecule has 0 spiro atoms. The van der Waals surface area contributed by atoms with Crippen molar-refractivity contribution in [2.24, 2.45) is 0 Å². The molecule has 7 heteroatoms. The van der Waals surface area contributed by atoms with E-state index >= 15 is 0 Å². The minimum absolute atomic E-state index is 0.230. The number of anilines is 1. The van der Waals surface area contributed by atoms with Crippen molar-refractivity contribution in [2.75, 3.05) is 19.0 Å². The molecule has 3 rings (SSSR count). The van der Waals surface area contributed by atoms with Crippen LogP contribution in [-0.4, -0.2) is 30.6 Å². The van der Waals surface area contributed by atoms with E-state index in [1.165, 1.54) is 28.4 Å². The van der Waals surface area contributed by atoms with Crippen molar-refractivity contribution in [2.45, 2.75) is 27.3 Å². The number of rotatable bonds is 6. The lowest BCUT2D eigenvalue weighted by molar-refractivity contribution is 0.0529. The summed E-state index contributed by atoms with van der Waals surface area (Å²) in [7, 11) is 1.61. The zero-order valence-electron chi connectivity index (χ0n) is 18.0. The highest BCUT2D eigenvalue weighted by Gasteiger charge is 2.24. The number of benzene rings is 2. The lowest BCUT2D eigenvalue weighted by atomic mass is 9.98. The second-order valence-electron chi connectivity index (χ2n) is 7.31. The Balaban J connectivity index is 1.89. The summed E-state index contributed by atoms with van der Waals surface area (Å²) >= 11 is 1.27. The van der Waals surface area contributed by atoms with Gasteiger partial charge in [0.1, 0.15) is 16.4 Å². The van der Waals surface area contributed by atoms with Gasteiger partial charge in [-0.3, -0.25) is 5.32 Å². The number of hydrogen-bond donors (Lipinski definition) is 1. The fraction of sp³-hybridized carbons (Fsp3) is 0.250. The van der Waals surface area contributed by atoms with Crippen LogP contribution in [0.1, 0.15) is 34.0 Å².